The molecule has 0 unspecified atom stereocenters. The average molecular weight is 283 g/mol. The highest BCUT2D eigenvalue weighted by Gasteiger charge is 2.21. The molecule has 0 bridgehead atoms. The summed E-state index contributed by atoms with van der Waals surface area (Å²) in [6.07, 6.45) is -1.10. The number of anilines is 1. The van der Waals surface area contributed by atoms with Crippen LogP contribution in [0, 0.1) is 0 Å². The van der Waals surface area contributed by atoms with Gasteiger partial charge in [0.2, 0.25) is 0 Å². The number of nitrogen functional groups attached to an aromatic ring is 1. The smallest absolute Gasteiger partial charge is 0.267 e. The van der Waals surface area contributed by atoms with E-state index in [2.05, 4.69) is 5.10 Å². The van der Waals surface area contributed by atoms with Gasteiger partial charge >= 0.3 is 0 Å². The van der Waals surface area contributed by atoms with Crippen LogP contribution in [-0.4, -0.2) is 24.0 Å². The summed E-state index contributed by atoms with van der Waals surface area (Å²) in [4.78, 5) is 0. The first kappa shape index (κ1) is 14.1. The molecule has 0 aliphatic heterocycles. The van der Waals surface area contributed by atoms with Gasteiger partial charge in [0.05, 0.1) is 26.0 Å². The number of nitrogens with zero attached hydrogens (tertiary/aromatic N) is 2. The van der Waals surface area contributed by atoms with Gasteiger partial charge in [-0.1, -0.05) is 0 Å². The Morgan fingerprint density at radius 2 is 1.80 bits per heavy atom. The van der Waals surface area contributed by atoms with Crippen molar-refractivity contribution in [3.05, 3.63) is 23.9 Å². The number of aromatic nitrogens is 2. The fraction of sp³-hybridized carbons (Fsp3) is 0.308. The summed E-state index contributed by atoms with van der Waals surface area (Å²) < 4.78 is 37.6. The van der Waals surface area contributed by atoms with E-state index in [0.717, 1.165) is 0 Å². The maximum absolute atomic E-state index is 13.0. The summed E-state index contributed by atoms with van der Waals surface area (Å²) in [6, 6.07) is 2.74. The molecule has 0 amide bonds. The monoisotopic (exact) mass is 283 g/mol. The zero-order chi connectivity index (χ0) is 14.9. The van der Waals surface area contributed by atoms with E-state index in [1.165, 1.54) is 31.0 Å². The molecule has 2 N–H and O–H groups in total. The number of alkyl halides is 2. The first-order chi connectivity index (χ1) is 9.49. The molecular weight excluding hydrogens is 268 g/mol. The van der Waals surface area contributed by atoms with E-state index >= 15 is 0 Å². The SMILES string of the molecule is COc1cc(C(F)F)c(OC)cc1-c1cnn(C)c1N. The van der Waals surface area contributed by atoms with Crippen molar-refractivity contribution >= 4 is 5.82 Å². The van der Waals surface area contributed by atoms with Gasteiger partial charge in [-0.05, 0) is 12.1 Å². The van der Waals surface area contributed by atoms with E-state index in [0.29, 0.717) is 22.7 Å². The van der Waals surface area contributed by atoms with Gasteiger partial charge in [-0.2, -0.15) is 5.10 Å². The van der Waals surface area contributed by atoms with Gasteiger partial charge in [0.15, 0.2) is 0 Å². The molecule has 0 aliphatic rings. The summed E-state index contributed by atoms with van der Waals surface area (Å²) in [7, 11) is 4.44. The Kier molecular flexibility index (Phi) is 3.78. The number of aryl methyl sites for hydroxylation is 1. The molecule has 0 atom stereocenters. The molecule has 0 aliphatic carbocycles. The Morgan fingerprint density at radius 3 is 2.25 bits per heavy atom. The lowest BCUT2D eigenvalue weighted by molar-refractivity contribution is 0.146. The molecule has 2 aromatic rings. The quantitative estimate of drug-likeness (QED) is 0.937. The third kappa shape index (κ3) is 2.26. The van der Waals surface area contributed by atoms with Crippen molar-refractivity contribution in [3.63, 3.8) is 0 Å². The molecule has 0 fully saturated rings. The van der Waals surface area contributed by atoms with Crippen molar-refractivity contribution in [1.29, 1.82) is 0 Å². The molecule has 0 spiro atoms. The van der Waals surface area contributed by atoms with E-state index in [1.54, 1.807) is 13.2 Å². The molecule has 0 saturated heterocycles. The number of ether oxygens (including phenoxy) is 2. The van der Waals surface area contributed by atoms with Gasteiger partial charge in [0, 0.05) is 18.2 Å². The minimum Gasteiger partial charge on any atom is -0.496 e. The molecule has 108 valence electrons. The van der Waals surface area contributed by atoms with Crippen LogP contribution in [0.4, 0.5) is 14.6 Å². The minimum absolute atomic E-state index is 0.0825. The second-order valence-electron chi connectivity index (χ2n) is 4.16. The normalized spacial score (nSPS) is 10.9. The maximum atomic E-state index is 13.0. The summed E-state index contributed by atoms with van der Waals surface area (Å²) >= 11 is 0. The van der Waals surface area contributed by atoms with Crippen LogP contribution in [0.1, 0.15) is 12.0 Å². The fourth-order valence-electron chi connectivity index (χ4n) is 1.96. The Labute approximate surface area is 114 Å². The van der Waals surface area contributed by atoms with E-state index < -0.39 is 6.43 Å². The van der Waals surface area contributed by atoms with Crippen molar-refractivity contribution in [2.24, 2.45) is 7.05 Å². The molecule has 1 aromatic carbocycles. The molecule has 7 heteroatoms. The van der Waals surface area contributed by atoms with Crippen LogP contribution in [0.2, 0.25) is 0 Å². The van der Waals surface area contributed by atoms with Crippen molar-refractivity contribution in [2.75, 3.05) is 20.0 Å². The Morgan fingerprint density at radius 1 is 1.15 bits per heavy atom. The second kappa shape index (κ2) is 5.36. The molecule has 20 heavy (non-hydrogen) atoms. The molecule has 1 heterocycles. The molecule has 5 nitrogen and oxygen atoms in total. The molecule has 0 radical (unpaired) electrons. The Balaban J connectivity index is 2.67. The zero-order valence-electron chi connectivity index (χ0n) is 11.4. The molecular formula is C13H15F2N3O2. The average Bonchev–Trinajstić information content (AvgIpc) is 2.77. The predicted molar refractivity (Wildman–Crippen MR) is 71.1 cm³/mol. The van der Waals surface area contributed by atoms with Crippen molar-refractivity contribution < 1.29 is 18.3 Å². The number of hydrogen-bond donors (Lipinski definition) is 1. The van der Waals surface area contributed by atoms with Crippen LogP contribution in [0.5, 0.6) is 11.5 Å². The fourth-order valence-corrected chi connectivity index (χ4v) is 1.96. The van der Waals surface area contributed by atoms with Gasteiger partial charge in [-0.25, -0.2) is 8.78 Å². The topological polar surface area (TPSA) is 62.3 Å². The highest BCUT2D eigenvalue weighted by atomic mass is 19.3. The van der Waals surface area contributed by atoms with Crippen LogP contribution in [0.3, 0.4) is 0 Å². The lowest BCUT2D eigenvalue weighted by Crippen LogP contribution is -2.00. The first-order valence-corrected chi connectivity index (χ1v) is 5.81. The number of rotatable bonds is 4. The maximum Gasteiger partial charge on any atom is 0.267 e. The first-order valence-electron chi connectivity index (χ1n) is 5.81. The van der Waals surface area contributed by atoms with Gasteiger partial charge in [-0.3, -0.25) is 4.68 Å². The van der Waals surface area contributed by atoms with Crippen molar-refractivity contribution in [3.8, 4) is 22.6 Å². The number of hydrogen-bond acceptors (Lipinski definition) is 4. The number of benzene rings is 1. The lowest BCUT2D eigenvalue weighted by atomic mass is 10.0. The standard InChI is InChI=1S/C13H15F2N3O2/c1-18-13(16)9(6-17-18)7-4-11(20-3)8(12(14)15)5-10(7)19-2/h4-6,12H,16H2,1-3H3. The van der Waals surface area contributed by atoms with Crippen molar-refractivity contribution in [2.45, 2.75) is 6.43 Å². The summed E-state index contributed by atoms with van der Waals surface area (Å²) in [6.45, 7) is 0. The Bertz CT molecular complexity index is 626. The number of nitrogens with two attached hydrogens (primary N) is 1. The van der Waals surface area contributed by atoms with Crippen LogP contribution >= 0.6 is 0 Å². The van der Waals surface area contributed by atoms with Gasteiger partial charge in [0.1, 0.15) is 17.3 Å². The molecule has 0 saturated carbocycles. The minimum atomic E-state index is -2.65. The van der Waals surface area contributed by atoms with Crippen LogP contribution in [0.15, 0.2) is 18.3 Å². The summed E-state index contributed by atoms with van der Waals surface area (Å²) in [5.41, 5.74) is 6.83. The largest absolute Gasteiger partial charge is 0.496 e. The Hall–Kier alpha value is -2.31. The van der Waals surface area contributed by atoms with Crippen LogP contribution in [-0.2, 0) is 7.05 Å². The van der Waals surface area contributed by atoms with E-state index in [4.69, 9.17) is 15.2 Å². The summed E-state index contributed by atoms with van der Waals surface area (Å²) in [5.74, 6) is 0.787. The second-order valence-corrected chi connectivity index (χ2v) is 4.16. The predicted octanol–water partition coefficient (Wildman–Crippen LogP) is 2.62. The highest BCUT2D eigenvalue weighted by Crippen LogP contribution is 2.41. The lowest BCUT2D eigenvalue weighted by Gasteiger charge is -2.14. The van der Waals surface area contributed by atoms with E-state index in [1.807, 2.05) is 0 Å². The van der Waals surface area contributed by atoms with Crippen molar-refractivity contribution in [1.82, 2.24) is 9.78 Å². The van der Waals surface area contributed by atoms with Crippen LogP contribution in [0.25, 0.3) is 11.1 Å². The molecule has 1 aromatic heterocycles. The zero-order valence-corrected chi connectivity index (χ0v) is 11.4. The third-order valence-corrected chi connectivity index (χ3v) is 3.06. The van der Waals surface area contributed by atoms with Gasteiger partial charge in [-0.15, -0.1) is 0 Å². The highest BCUT2D eigenvalue weighted by molar-refractivity contribution is 5.80. The van der Waals surface area contributed by atoms with E-state index in [9.17, 15) is 8.78 Å². The van der Waals surface area contributed by atoms with E-state index in [-0.39, 0.29) is 11.3 Å². The van der Waals surface area contributed by atoms with Crippen LogP contribution < -0.4 is 15.2 Å². The third-order valence-electron chi connectivity index (χ3n) is 3.06. The number of methoxy groups -OCH3 is 2. The van der Waals surface area contributed by atoms with Gasteiger partial charge in [0.25, 0.3) is 6.43 Å². The molecule has 2 rings (SSSR count). The number of halogens is 2. The summed E-state index contributed by atoms with van der Waals surface area (Å²) in [5, 5.41) is 4.03. The van der Waals surface area contributed by atoms with Gasteiger partial charge < -0.3 is 15.2 Å².